The molecule has 0 unspecified atom stereocenters. The lowest BCUT2D eigenvalue weighted by Crippen LogP contribution is -2.27. The number of anilines is 1. The molecule has 0 saturated heterocycles. The van der Waals surface area contributed by atoms with Crippen molar-refractivity contribution in [2.24, 2.45) is 0 Å². The van der Waals surface area contributed by atoms with Gasteiger partial charge in [0, 0.05) is 29.6 Å². The van der Waals surface area contributed by atoms with Crippen molar-refractivity contribution in [2.45, 2.75) is 13.5 Å². The van der Waals surface area contributed by atoms with Crippen LogP contribution in [0.25, 0.3) is 0 Å². The quantitative estimate of drug-likeness (QED) is 0.890. The summed E-state index contributed by atoms with van der Waals surface area (Å²) in [4.78, 5) is 15.8. The van der Waals surface area contributed by atoms with E-state index in [2.05, 4.69) is 15.6 Å². The van der Waals surface area contributed by atoms with E-state index in [0.717, 1.165) is 16.8 Å². The number of halogens is 1. The van der Waals surface area contributed by atoms with Crippen molar-refractivity contribution < 1.29 is 4.79 Å². The molecule has 1 aromatic carbocycles. The van der Waals surface area contributed by atoms with Gasteiger partial charge < -0.3 is 10.6 Å². The van der Waals surface area contributed by atoms with Crippen LogP contribution in [0.4, 0.5) is 5.69 Å². The second-order valence-electron chi connectivity index (χ2n) is 4.47. The molecule has 2 aromatic rings. The first-order valence-corrected chi connectivity index (χ1v) is 6.68. The Morgan fingerprint density at radius 2 is 2.00 bits per heavy atom. The molecule has 5 heteroatoms. The minimum absolute atomic E-state index is 0.0931. The molecule has 104 valence electrons. The van der Waals surface area contributed by atoms with Crippen molar-refractivity contribution in [3.63, 3.8) is 0 Å². The van der Waals surface area contributed by atoms with Gasteiger partial charge in [0.05, 0.1) is 6.54 Å². The Kier molecular flexibility index (Phi) is 5.09. The van der Waals surface area contributed by atoms with Gasteiger partial charge in [0.15, 0.2) is 0 Å². The lowest BCUT2D eigenvalue weighted by atomic mass is 10.2. The van der Waals surface area contributed by atoms with Crippen molar-refractivity contribution in [3.05, 3.63) is 58.9 Å². The minimum atomic E-state index is -0.0931. The number of hydrogen-bond acceptors (Lipinski definition) is 3. The molecule has 0 saturated carbocycles. The van der Waals surface area contributed by atoms with E-state index in [1.807, 2.05) is 25.1 Å². The van der Waals surface area contributed by atoms with Gasteiger partial charge in [0.1, 0.15) is 0 Å². The number of pyridine rings is 1. The normalized spacial score (nSPS) is 10.3. The summed E-state index contributed by atoms with van der Waals surface area (Å²) < 4.78 is 0. The number of nitrogens with one attached hydrogen (secondary N) is 2. The molecule has 0 aliphatic rings. The van der Waals surface area contributed by atoms with Crippen LogP contribution in [0.15, 0.2) is 42.7 Å². The molecular weight excluding hydrogens is 274 g/mol. The van der Waals surface area contributed by atoms with Crippen LogP contribution >= 0.6 is 11.6 Å². The number of aryl methyl sites for hydroxylation is 1. The zero-order valence-electron chi connectivity index (χ0n) is 11.2. The van der Waals surface area contributed by atoms with E-state index in [-0.39, 0.29) is 12.5 Å². The largest absolute Gasteiger partial charge is 0.325 e. The van der Waals surface area contributed by atoms with Crippen LogP contribution in [0, 0.1) is 6.92 Å². The number of amides is 1. The summed E-state index contributed by atoms with van der Waals surface area (Å²) in [5, 5.41) is 6.53. The molecule has 0 aliphatic heterocycles. The first-order chi connectivity index (χ1) is 9.65. The molecule has 0 spiro atoms. The van der Waals surface area contributed by atoms with Gasteiger partial charge in [-0.05, 0) is 42.3 Å². The number of rotatable bonds is 5. The van der Waals surface area contributed by atoms with Gasteiger partial charge in [-0.2, -0.15) is 0 Å². The fraction of sp³-hybridized carbons (Fsp3) is 0.200. The van der Waals surface area contributed by atoms with E-state index in [9.17, 15) is 4.79 Å². The molecule has 20 heavy (non-hydrogen) atoms. The summed E-state index contributed by atoms with van der Waals surface area (Å²) in [7, 11) is 0. The summed E-state index contributed by atoms with van der Waals surface area (Å²) >= 11 is 5.91. The van der Waals surface area contributed by atoms with E-state index >= 15 is 0 Å². The summed E-state index contributed by atoms with van der Waals surface area (Å²) in [6.45, 7) is 2.80. The number of hydrogen-bond donors (Lipinski definition) is 2. The molecular formula is C15H16ClN3O. The van der Waals surface area contributed by atoms with Gasteiger partial charge in [-0.1, -0.05) is 17.7 Å². The Morgan fingerprint density at radius 3 is 2.75 bits per heavy atom. The maximum Gasteiger partial charge on any atom is 0.238 e. The molecule has 0 fully saturated rings. The van der Waals surface area contributed by atoms with Gasteiger partial charge in [0.25, 0.3) is 0 Å². The Morgan fingerprint density at radius 1 is 1.25 bits per heavy atom. The highest BCUT2D eigenvalue weighted by molar-refractivity contribution is 6.31. The standard InChI is InChI=1S/C15H16ClN3O/c1-11-2-3-13(16)8-14(11)19-15(20)10-18-9-12-4-6-17-7-5-12/h2-8,18H,9-10H2,1H3,(H,19,20). The van der Waals surface area contributed by atoms with Crippen LogP contribution in [0.5, 0.6) is 0 Å². The topological polar surface area (TPSA) is 54.0 Å². The predicted molar refractivity (Wildman–Crippen MR) is 80.8 cm³/mol. The van der Waals surface area contributed by atoms with E-state index < -0.39 is 0 Å². The van der Waals surface area contributed by atoms with Crippen LogP contribution in [-0.2, 0) is 11.3 Å². The molecule has 0 bridgehead atoms. The summed E-state index contributed by atoms with van der Waals surface area (Å²) in [6.07, 6.45) is 3.46. The van der Waals surface area contributed by atoms with Crippen molar-refractivity contribution >= 4 is 23.2 Å². The van der Waals surface area contributed by atoms with Gasteiger partial charge in [-0.25, -0.2) is 0 Å². The second kappa shape index (κ2) is 7.03. The monoisotopic (exact) mass is 289 g/mol. The molecule has 0 radical (unpaired) electrons. The second-order valence-corrected chi connectivity index (χ2v) is 4.90. The van der Waals surface area contributed by atoms with Gasteiger partial charge in [-0.15, -0.1) is 0 Å². The number of benzene rings is 1. The van der Waals surface area contributed by atoms with Crippen LogP contribution in [0.1, 0.15) is 11.1 Å². The molecule has 0 atom stereocenters. The molecule has 2 rings (SSSR count). The lowest BCUT2D eigenvalue weighted by molar-refractivity contribution is -0.115. The van der Waals surface area contributed by atoms with Crippen molar-refractivity contribution in [1.29, 1.82) is 0 Å². The van der Waals surface area contributed by atoms with Crippen LogP contribution < -0.4 is 10.6 Å². The van der Waals surface area contributed by atoms with Gasteiger partial charge in [0.2, 0.25) is 5.91 Å². The third kappa shape index (κ3) is 4.33. The summed E-state index contributed by atoms with van der Waals surface area (Å²) in [6, 6.07) is 9.24. The lowest BCUT2D eigenvalue weighted by Gasteiger charge is -2.09. The van der Waals surface area contributed by atoms with Crippen LogP contribution in [0.3, 0.4) is 0 Å². The number of carbonyl (C=O) groups excluding carboxylic acids is 1. The van der Waals surface area contributed by atoms with E-state index in [1.54, 1.807) is 24.5 Å². The Balaban J connectivity index is 1.82. The van der Waals surface area contributed by atoms with E-state index in [4.69, 9.17) is 11.6 Å². The van der Waals surface area contributed by atoms with Crippen LogP contribution in [0.2, 0.25) is 5.02 Å². The Hall–Kier alpha value is -1.91. The highest BCUT2D eigenvalue weighted by atomic mass is 35.5. The average Bonchev–Trinajstić information content (AvgIpc) is 2.44. The Labute approximate surface area is 123 Å². The zero-order valence-corrected chi connectivity index (χ0v) is 11.9. The van der Waals surface area contributed by atoms with E-state index in [0.29, 0.717) is 11.6 Å². The number of nitrogens with zero attached hydrogens (tertiary/aromatic N) is 1. The maximum atomic E-state index is 11.8. The minimum Gasteiger partial charge on any atom is -0.325 e. The summed E-state index contributed by atoms with van der Waals surface area (Å²) in [5.41, 5.74) is 2.82. The van der Waals surface area contributed by atoms with E-state index in [1.165, 1.54) is 0 Å². The Bertz CT molecular complexity index is 587. The molecule has 1 amide bonds. The molecule has 1 aromatic heterocycles. The number of aromatic nitrogens is 1. The smallest absolute Gasteiger partial charge is 0.238 e. The molecule has 4 nitrogen and oxygen atoms in total. The van der Waals surface area contributed by atoms with Gasteiger partial charge >= 0.3 is 0 Å². The maximum absolute atomic E-state index is 11.8. The number of carbonyl (C=O) groups is 1. The molecule has 0 aliphatic carbocycles. The van der Waals surface area contributed by atoms with Crippen molar-refractivity contribution in [2.75, 3.05) is 11.9 Å². The first kappa shape index (κ1) is 14.5. The fourth-order valence-corrected chi connectivity index (χ4v) is 1.92. The average molecular weight is 290 g/mol. The van der Waals surface area contributed by atoms with Crippen LogP contribution in [-0.4, -0.2) is 17.4 Å². The third-order valence-electron chi connectivity index (χ3n) is 2.84. The molecule has 1 heterocycles. The SMILES string of the molecule is Cc1ccc(Cl)cc1NC(=O)CNCc1ccncc1. The van der Waals surface area contributed by atoms with Gasteiger partial charge in [-0.3, -0.25) is 9.78 Å². The fourth-order valence-electron chi connectivity index (χ4n) is 1.74. The first-order valence-electron chi connectivity index (χ1n) is 6.31. The van der Waals surface area contributed by atoms with Crippen molar-refractivity contribution in [3.8, 4) is 0 Å². The highest BCUT2D eigenvalue weighted by Crippen LogP contribution is 2.19. The van der Waals surface area contributed by atoms with Crippen molar-refractivity contribution in [1.82, 2.24) is 10.3 Å². The highest BCUT2D eigenvalue weighted by Gasteiger charge is 2.05. The predicted octanol–water partition coefficient (Wildman–Crippen LogP) is 2.77. The summed E-state index contributed by atoms with van der Waals surface area (Å²) in [5.74, 6) is -0.0931. The molecule has 2 N–H and O–H groups in total. The third-order valence-corrected chi connectivity index (χ3v) is 3.07. The zero-order chi connectivity index (χ0) is 14.4.